The maximum atomic E-state index is 12.9. The first-order chi connectivity index (χ1) is 17.0. The van der Waals surface area contributed by atoms with Crippen LogP contribution in [0.25, 0.3) is 33.1 Å². The zero-order chi connectivity index (χ0) is 24.4. The van der Waals surface area contributed by atoms with Crippen LogP contribution in [0.5, 0.6) is 5.75 Å². The standard InChI is InChI=1S/C27H24N4O4/c1-35-27(34)22(16-17-10-12-18(32)13-11-17)28-24(33)14-15-31-23-9-5-2-6-19(23)25-26(31)30-21-8-4-3-7-20(21)29-25/h2-13,22,32H,14-16H2,1H3,(H,28,33). The summed E-state index contributed by atoms with van der Waals surface area (Å²) in [6.07, 6.45) is 0.400. The number of amides is 1. The number of hydrogen-bond donors (Lipinski definition) is 2. The number of aromatic nitrogens is 3. The zero-order valence-electron chi connectivity index (χ0n) is 19.1. The van der Waals surface area contributed by atoms with Gasteiger partial charge >= 0.3 is 5.97 Å². The van der Waals surface area contributed by atoms with Gasteiger partial charge in [0.1, 0.15) is 17.3 Å². The van der Waals surface area contributed by atoms with Crippen LogP contribution < -0.4 is 5.32 Å². The van der Waals surface area contributed by atoms with Gasteiger partial charge in [0.05, 0.1) is 23.7 Å². The van der Waals surface area contributed by atoms with E-state index in [0.29, 0.717) is 12.2 Å². The smallest absolute Gasteiger partial charge is 0.328 e. The van der Waals surface area contributed by atoms with Crippen LogP contribution in [0, 0.1) is 0 Å². The Hall–Kier alpha value is -4.46. The van der Waals surface area contributed by atoms with Crippen LogP contribution in [0.15, 0.2) is 72.8 Å². The molecule has 8 nitrogen and oxygen atoms in total. The number of phenolic OH excluding ortho intramolecular Hbond substituents is 1. The van der Waals surface area contributed by atoms with Gasteiger partial charge in [-0.3, -0.25) is 4.79 Å². The van der Waals surface area contributed by atoms with Crippen LogP contribution >= 0.6 is 0 Å². The van der Waals surface area contributed by atoms with Crippen LogP contribution in [-0.2, 0) is 27.3 Å². The normalized spacial score (nSPS) is 12.1. The molecule has 0 bridgehead atoms. The molecule has 2 heterocycles. The minimum Gasteiger partial charge on any atom is -0.508 e. The summed E-state index contributed by atoms with van der Waals surface area (Å²) in [5.41, 5.74) is 4.84. The van der Waals surface area contributed by atoms with Crippen molar-refractivity contribution in [3.63, 3.8) is 0 Å². The average Bonchev–Trinajstić information content (AvgIpc) is 3.19. The number of carbonyl (C=O) groups excluding carboxylic acids is 2. The molecule has 3 aromatic carbocycles. The third-order valence-corrected chi connectivity index (χ3v) is 6.02. The lowest BCUT2D eigenvalue weighted by atomic mass is 10.1. The summed E-state index contributed by atoms with van der Waals surface area (Å²) in [5, 5.41) is 13.3. The highest BCUT2D eigenvalue weighted by Crippen LogP contribution is 2.28. The number of carbonyl (C=O) groups is 2. The fourth-order valence-corrected chi connectivity index (χ4v) is 4.29. The lowest BCUT2D eigenvalue weighted by Crippen LogP contribution is -2.43. The summed E-state index contributed by atoms with van der Waals surface area (Å²) in [6.45, 7) is 0.371. The lowest BCUT2D eigenvalue weighted by molar-refractivity contribution is -0.145. The maximum Gasteiger partial charge on any atom is 0.328 e. The second-order valence-corrected chi connectivity index (χ2v) is 8.32. The summed E-state index contributed by atoms with van der Waals surface area (Å²) in [4.78, 5) is 34.9. The number of nitrogens with one attached hydrogen (secondary N) is 1. The van der Waals surface area contributed by atoms with E-state index in [1.54, 1.807) is 24.3 Å². The van der Waals surface area contributed by atoms with Gasteiger partial charge in [0, 0.05) is 24.8 Å². The van der Waals surface area contributed by atoms with E-state index in [9.17, 15) is 14.7 Å². The highest BCUT2D eigenvalue weighted by atomic mass is 16.5. The van der Waals surface area contributed by atoms with E-state index in [2.05, 4.69) is 5.32 Å². The number of rotatable bonds is 7. The number of ether oxygens (including phenoxy) is 1. The Labute approximate surface area is 201 Å². The molecule has 5 rings (SSSR count). The minimum absolute atomic E-state index is 0.134. The molecule has 0 fully saturated rings. The van der Waals surface area contributed by atoms with Gasteiger partial charge < -0.3 is 19.7 Å². The van der Waals surface area contributed by atoms with Gasteiger partial charge in [0.15, 0.2) is 5.65 Å². The van der Waals surface area contributed by atoms with Crippen LogP contribution in [0.2, 0.25) is 0 Å². The second kappa shape index (κ2) is 9.42. The molecule has 5 aromatic rings. The van der Waals surface area contributed by atoms with Crippen molar-refractivity contribution in [2.45, 2.75) is 25.4 Å². The molecule has 0 aliphatic heterocycles. The number of aromatic hydroxyl groups is 1. The predicted octanol–water partition coefficient (Wildman–Crippen LogP) is 3.73. The Balaban J connectivity index is 1.39. The zero-order valence-corrected chi connectivity index (χ0v) is 19.1. The third kappa shape index (κ3) is 4.50. The highest BCUT2D eigenvalue weighted by Gasteiger charge is 2.22. The molecule has 8 heteroatoms. The van der Waals surface area contributed by atoms with Crippen molar-refractivity contribution in [3.05, 3.63) is 78.4 Å². The molecule has 176 valence electrons. The molecule has 1 unspecified atom stereocenters. The third-order valence-electron chi connectivity index (χ3n) is 6.02. The number of para-hydroxylation sites is 3. The van der Waals surface area contributed by atoms with Gasteiger partial charge in [0.2, 0.25) is 5.91 Å². The van der Waals surface area contributed by atoms with E-state index in [4.69, 9.17) is 14.7 Å². The molecular formula is C27H24N4O4. The van der Waals surface area contributed by atoms with Gasteiger partial charge in [0.25, 0.3) is 0 Å². The average molecular weight is 469 g/mol. The molecule has 2 N–H and O–H groups in total. The molecule has 0 saturated heterocycles. The van der Waals surface area contributed by atoms with Crippen molar-refractivity contribution in [3.8, 4) is 5.75 Å². The predicted molar refractivity (Wildman–Crippen MR) is 133 cm³/mol. The number of phenols is 1. The molecular weight excluding hydrogens is 444 g/mol. The first-order valence-electron chi connectivity index (χ1n) is 11.3. The topological polar surface area (TPSA) is 106 Å². The van der Waals surface area contributed by atoms with E-state index in [1.165, 1.54) is 7.11 Å². The first kappa shape index (κ1) is 22.3. The van der Waals surface area contributed by atoms with Gasteiger partial charge in [-0.25, -0.2) is 14.8 Å². The molecule has 35 heavy (non-hydrogen) atoms. The summed E-state index contributed by atoms with van der Waals surface area (Å²) in [6, 6.07) is 21.3. The number of nitrogens with zero attached hydrogens (tertiary/aromatic N) is 3. The molecule has 0 aliphatic rings. The van der Waals surface area contributed by atoms with Crippen LogP contribution in [0.3, 0.4) is 0 Å². The van der Waals surface area contributed by atoms with Crippen molar-refractivity contribution >= 4 is 45.0 Å². The number of hydrogen-bond acceptors (Lipinski definition) is 6. The Bertz CT molecular complexity index is 1540. The van der Waals surface area contributed by atoms with Crippen LogP contribution in [0.4, 0.5) is 0 Å². The van der Waals surface area contributed by atoms with Gasteiger partial charge in [-0.1, -0.05) is 42.5 Å². The second-order valence-electron chi connectivity index (χ2n) is 8.32. The van der Waals surface area contributed by atoms with E-state index in [0.717, 1.165) is 33.0 Å². The monoisotopic (exact) mass is 468 g/mol. The number of aryl methyl sites for hydroxylation is 1. The van der Waals surface area contributed by atoms with E-state index >= 15 is 0 Å². The number of esters is 1. The van der Waals surface area contributed by atoms with Crippen LogP contribution in [0.1, 0.15) is 12.0 Å². The summed E-state index contributed by atoms with van der Waals surface area (Å²) < 4.78 is 6.89. The Morgan fingerprint density at radius 1 is 0.971 bits per heavy atom. The fourth-order valence-electron chi connectivity index (χ4n) is 4.29. The van der Waals surface area contributed by atoms with Crippen molar-refractivity contribution in [2.75, 3.05) is 7.11 Å². The molecule has 0 radical (unpaired) electrons. The van der Waals surface area contributed by atoms with E-state index in [1.807, 2.05) is 53.1 Å². The van der Waals surface area contributed by atoms with E-state index < -0.39 is 12.0 Å². The summed E-state index contributed by atoms with van der Waals surface area (Å²) in [5.74, 6) is -0.672. The van der Waals surface area contributed by atoms with Gasteiger partial charge in [-0.05, 0) is 35.9 Å². The van der Waals surface area contributed by atoms with Gasteiger partial charge in [-0.2, -0.15) is 0 Å². The minimum atomic E-state index is -0.834. The first-order valence-corrected chi connectivity index (χ1v) is 11.3. The van der Waals surface area contributed by atoms with Crippen molar-refractivity contribution in [2.24, 2.45) is 0 Å². The van der Waals surface area contributed by atoms with Crippen molar-refractivity contribution < 1.29 is 19.4 Å². The SMILES string of the molecule is COC(=O)C(Cc1ccc(O)cc1)NC(=O)CCn1c2ccccc2c2nc3ccccc3nc21. The summed E-state index contributed by atoms with van der Waals surface area (Å²) in [7, 11) is 1.29. The van der Waals surface area contributed by atoms with Crippen LogP contribution in [-0.4, -0.2) is 44.7 Å². The maximum absolute atomic E-state index is 12.9. The number of benzene rings is 3. The Morgan fingerprint density at radius 2 is 1.66 bits per heavy atom. The largest absolute Gasteiger partial charge is 0.508 e. The van der Waals surface area contributed by atoms with E-state index in [-0.39, 0.29) is 24.5 Å². The number of fused-ring (bicyclic) bond motifs is 4. The van der Waals surface area contributed by atoms with Gasteiger partial charge in [-0.15, -0.1) is 0 Å². The summed E-state index contributed by atoms with van der Waals surface area (Å²) >= 11 is 0. The Morgan fingerprint density at radius 3 is 2.40 bits per heavy atom. The fraction of sp³-hybridized carbons (Fsp3) is 0.185. The highest BCUT2D eigenvalue weighted by molar-refractivity contribution is 6.06. The van der Waals surface area contributed by atoms with Crippen molar-refractivity contribution in [1.29, 1.82) is 0 Å². The number of methoxy groups -OCH3 is 1. The molecule has 1 atom stereocenters. The Kier molecular flexibility index (Phi) is 6.01. The molecule has 0 saturated carbocycles. The quantitative estimate of drug-likeness (QED) is 0.353. The molecule has 2 aromatic heterocycles. The molecule has 0 aliphatic carbocycles. The lowest BCUT2D eigenvalue weighted by Gasteiger charge is -2.17. The molecule has 1 amide bonds. The molecule has 0 spiro atoms. The van der Waals surface area contributed by atoms with Crippen molar-refractivity contribution in [1.82, 2.24) is 19.9 Å².